The van der Waals surface area contributed by atoms with Crippen molar-refractivity contribution < 1.29 is 9.72 Å². The second-order valence-corrected chi connectivity index (χ2v) is 8.25. The smallest absolute Gasteiger partial charge is 0.287 e. The summed E-state index contributed by atoms with van der Waals surface area (Å²) < 4.78 is 1.57. The Labute approximate surface area is 199 Å². The van der Waals surface area contributed by atoms with Crippen LogP contribution in [0.5, 0.6) is 0 Å². The number of thiazole rings is 1. The first-order valence-corrected chi connectivity index (χ1v) is 12.1. The summed E-state index contributed by atoms with van der Waals surface area (Å²) in [6.45, 7) is 8.51. The number of nitrogens with one attached hydrogen (secondary N) is 1. The topological polar surface area (TPSA) is 93.3 Å². The van der Waals surface area contributed by atoms with E-state index in [-0.39, 0.29) is 5.69 Å². The van der Waals surface area contributed by atoms with Crippen LogP contribution >= 0.6 is 11.3 Å². The quantitative estimate of drug-likeness (QED) is 0.279. The molecule has 2 aromatic heterocycles. The first kappa shape index (κ1) is 26.1. The molecule has 0 bridgehead atoms. The minimum atomic E-state index is -0.496. The molecule has 0 aliphatic carbocycles. The lowest BCUT2D eigenvalue weighted by molar-refractivity contribution is -0.384. The lowest BCUT2D eigenvalue weighted by atomic mass is 10.1. The van der Waals surface area contributed by atoms with Crippen molar-refractivity contribution in [2.24, 2.45) is 0 Å². The summed E-state index contributed by atoms with van der Waals surface area (Å²) in [5.41, 5.74) is 3.50. The van der Waals surface area contributed by atoms with Gasteiger partial charge in [-0.25, -0.2) is 4.98 Å². The van der Waals surface area contributed by atoms with Gasteiger partial charge in [0.15, 0.2) is 11.4 Å². The summed E-state index contributed by atoms with van der Waals surface area (Å²) >= 11 is 1.58. The number of aromatic nitrogens is 2. The second kappa shape index (κ2) is 13.4. The molecule has 1 saturated heterocycles. The van der Waals surface area contributed by atoms with Gasteiger partial charge >= 0.3 is 0 Å². The Morgan fingerprint density at radius 1 is 1.18 bits per heavy atom. The maximum Gasteiger partial charge on any atom is 0.287 e. The number of rotatable bonds is 6. The Hall–Kier alpha value is -3.20. The molecule has 0 amide bonds. The van der Waals surface area contributed by atoms with Crippen molar-refractivity contribution in [3.05, 3.63) is 69.0 Å². The molecular weight excluding hydrogens is 438 g/mol. The molecule has 9 heteroatoms. The van der Waals surface area contributed by atoms with E-state index in [1.807, 2.05) is 26.3 Å². The lowest BCUT2D eigenvalue weighted by Crippen LogP contribution is -2.29. The summed E-state index contributed by atoms with van der Waals surface area (Å²) in [5.74, 6) is 0. The molecule has 3 heterocycles. The number of piperidine rings is 1. The molecule has 3 aromatic rings. The van der Waals surface area contributed by atoms with Crippen LogP contribution in [-0.2, 0) is 6.54 Å². The van der Waals surface area contributed by atoms with Crippen LogP contribution in [0.25, 0.3) is 0 Å². The zero-order valence-corrected chi connectivity index (χ0v) is 20.6. The highest BCUT2D eigenvalue weighted by atomic mass is 32.1. The number of benzene rings is 1. The summed E-state index contributed by atoms with van der Waals surface area (Å²) in [6.07, 6.45) is 5.65. The molecule has 1 aliphatic heterocycles. The summed E-state index contributed by atoms with van der Waals surface area (Å²) in [5, 5.41) is 16.8. The predicted molar refractivity (Wildman–Crippen MR) is 136 cm³/mol. The molecule has 1 aliphatic rings. The van der Waals surface area contributed by atoms with Gasteiger partial charge in [-0.1, -0.05) is 31.5 Å². The molecule has 1 N–H and O–H groups in total. The Bertz CT molecular complexity index is 1010. The molecule has 33 heavy (non-hydrogen) atoms. The molecule has 1 aromatic carbocycles. The molecule has 0 radical (unpaired) electrons. The van der Waals surface area contributed by atoms with Crippen LogP contribution in [0.4, 0.5) is 16.5 Å². The molecule has 8 nitrogen and oxygen atoms in total. The first-order chi connectivity index (χ1) is 16.0. The van der Waals surface area contributed by atoms with Gasteiger partial charge in [-0.05, 0) is 38.3 Å². The standard InChI is InChI=1S/C14H16N4O3S.C8H11N.C2H6/c19-9-13-6-12(18(20)21)8-17(13)7-11-10-22-14(15-11)16-4-2-1-3-5-16;1-7-3-5-8(9-2)6-4-7;1-2/h6,8-10H,1-5,7H2;3-6,9H,1-2H3;1-2H3. The molecule has 4 rings (SSSR count). The monoisotopic (exact) mass is 471 g/mol. The van der Waals surface area contributed by atoms with Crippen LogP contribution in [0.1, 0.15) is 54.9 Å². The van der Waals surface area contributed by atoms with E-state index in [2.05, 4.69) is 46.4 Å². The highest BCUT2D eigenvalue weighted by molar-refractivity contribution is 7.13. The van der Waals surface area contributed by atoms with Crippen molar-refractivity contribution in [2.45, 2.75) is 46.6 Å². The Morgan fingerprint density at radius 3 is 2.42 bits per heavy atom. The van der Waals surface area contributed by atoms with Gasteiger partial charge in [0.2, 0.25) is 0 Å². The predicted octanol–water partition coefficient (Wildman–Crippen LogP) is 5.77. The van der Waals surface area contributed by atoms with E-state index in [9.17, 15) is 14.9 Å². The van der Waals surface area contributed by atoms with E-state index < -0.39 is 4.92 Å². The van der Waals surface area contributed by atoms with Crippen molar-refractivity contribution in [3.8, 4) is 0 Å². The number of anilines is 2. The van der Waals surface area contributed by atoms with Gasteiger partial charge in [-0.15, -0.1) is 11.3 Å². The minimum Gasteiger partial charge on any atom is -0.388 e. The lowest BCUT2D eigenvalue weighted by Gasteiger charge is -2.25. The van der Waals surface area contributed by atoms with E-state index in [0.29, 0.717) is 18.5 Å². The average Bonchev–Trinajstić information content (AvgIpc) is 3.49. The van der Waals surface area contributed by atoms with Crippen LogP contribution in [0, 0.1) is 17.0 Å². The Kier molecular flexibility index (Phi) is 10.6. The third kappa shape index (κ3) is 7.71. The zero-order chi connectivity index (χ0) is 24.2. The second-order valence-electron chi connectivity index (χ2n) is 7.41. The van der Waals surface area contributed by atoms with Crippen LogP contribution in [0.2, 0.25) is 0 Å². The van der Waals surface area contributed by atoms with Crippen molar-refractivity contribution in [2.75, 3.05) is 30.4 Å². The van der Waals surface area contributed by atoms with Crippen molar-refractivity contribution in [1.29, 1.82) is 0 Å². The molecule has 0 saturated carbocycles. The van der Waals surface area contributed by atoms with E-state index >= 15 is 0 Å². The van der Waals surface area contributed by atoms with Gasteiger partial charge in [0.25, 0.3) is 5.69 Å². The maximum atomic E-state index is 11.0. The van der Waals surface area contributed by atoms with Crippen molar-refractivity contribution >= 4 is 34.1 Å². The highest BCUT2D eigenvalue weighted by Crippen LogP contribution is 2.25. The van der Waals surface area contributed by atoms with E-state index in [0.717, 1.165) is 23.9 Å². The summed E-state index contributed by atoms with van der Waals surface area (Å²) in [7, 11) is 1.92. The number of nitro groups is 1. The molecule has 1 fully saturated rings. The van der Waals surface area contributed by atoms with E-state index in [1.54, 1.807) is 15.9 Å². The zero-order valence-electron chi connectivity index (χ0n) is 19.8. The fourth-order valence-electron chi connectivity index (χ4n) is 3.34. The Morgan fingerprint density at radius 2 is 1.85 bits per heavy atom. The van der Waals surface area contributed by atoms with E-state index in [4.69, 9.17) is 0 Å². The van der Waals surface area contributed by atoms with Gasteiger partial charge in [0, 0.05) is 37.3 Å². The SMILES string of the molecule is CC.CNc1ccc(C)cc1.O=Cc1cc([N+](=O)[O-])cn1Cc1csc(N2CCCCC2)n1. The fraction of sp³-hybridized carbons (Fsp3) is 0.417. The van der Waals surface area contributed by atoms with Crippen LogP contribution < -0.4 is 10.2 Å². The fourth-order valence-corrected chi connectivity index (χ4v) is 4.21. The molecule has 0 atom stereocenters. The number of carbonyl (C=O) groups excluding carboxylic acids is 1. The normalized spacial score (nSPS) is 12.7. The molecule has 0 spiro atoms. The number of carbonyl (C=O) groups is 1. The van der Waals surface area contributed by atoms with Gasteiger partial charge in [0.05, 0.1) is 29.1 Å². The highest BCUT2D eigenvalue weighted by Gasteiger charge is 2.17. The van der Waals surface area contributed by atoms with Gasteiger partial charge in [-0.2, -0.15) is 0 Å². The molecule has 0 unspecified atom stereocenters. The minimum absolute atomic E-state index is 0.0754. The maximum absolute atomic E-state index is 11.0. The number of hydrogen-bond donors (Lipinski definition) is 1. The third-order valence-electron chi connectivity index (χ3n) is 5.09. The van der Waals surface area contributed by atoms with Gasteiger partial charge in [-0.3, -0.25) is 14.9 Å². The molecule has 178 valence electrons. The summed E-state index contributed by atoms with van der Waals surface area (Å²) in [4.78, 5) is 28.2. The largest absolute Gasteiger partial charge is 0.388 e. The van der Waals surface area contributed by atoms with Crippen molar-refractivity contribution in [1.82, 2.24) is 9.55 Å². The van der Waals surface area contributed by atoms with Crippen LogP contribution in [0.3, 0.4) is 0 Å². The van der Waals surface area contributed by atoms with Crippen LogP contribution in [-0.4, -0.2) is 40.9 Å². The first-order valence-electron chi connectivity index (χ1n) is 11.2. The molecular formula is C24H33N5O3S. The number of aldehydes is 1. The van der Waals surface area contributed by atoms with Crippen LogP contribution in [0.15, 0.2) is 41.9 Å². The number of nitrogens with zero attached hydrogens (tertiary/aromatic N) is 4. The van der Waals surface area contributed by atoms with E-state index in [1.165, 1.54) is 42.8 Å². The number of hydrogen-bond acceptors (Lipinski definition) is 7. The van der Waals surface area contributed by atoms with Crippen molar-refractivity contribution in [3.63, 3.8) is 0 Å². The average molecular weight is 472 g/mol. The number of aryl methyl sites for hydroxylation is 1. The van der Waals surface area contributed by atoms with Gasteiger partial charge < -0.3 is 14.8 Å². The van der Waals surface area contributed by atoms with Gasteiger partial charge in [0.1, 0.15) is 0 Å². The third-order valence-corrected chi connectivity index (χ3v) is 6.04. The Balaban J connectivity index is 0.000000293. The summed E-state index contributed by atoms with van der Waals surface area (Å²) in [6, 6.07) is 9.59.